The zero-order valence-electron chi connectivity index (χ0n) is 12.0. The minimum atomic E-state index is 0.0685. The molecule has 1 aliphatic heterocycles. The second kappa shape index (κ2) is 7.07. The molecule has 110 valence electrons. The van der Waals surface area contributed by atoms with Crippen molar-refractivity contribution in [2.45, 2.75) is 25.9 Å². The van der Waals surface area contributed by atoms with Gasteiger partial charge in [0.15, 0.2) is 0 Å². The maximum Gasteiger partial charge on any atom is 0.234 e. The Hall–Kier alpha value is -1.10. The van der Waals surface area contributed by atoms with E-state index in [2.05, 4.69) is 15.5 Å². The summed E-state index contributed by atoms with van der Waals surface area (Å²) < 4.78 is 0. The Labute approximate surface area is 125 Å². The van der Waals surface area contributed by atoms with Gasteiger partial charge in [-0.1, -0.05) is 29.8 Å². The Morgan fingerprint density at radius 3 is 2.95 bits per heavy atom. The van der Waals surface area contributed by atoms with Crippen molar-refractivity contribution in [1.82, 2.24) is 15.5 Å². The number of halogens is 1. The van der Waals surface area contributed by atoms with E-state index in [4.69, 9.17) is 11.6 Å². The molecule has 2 rings (SSSR count). The first-order valence-electron chi connectivity index (χ1n) is 7.06. The van der Waals surface area contributed by atoms with Crippen molar-refractivity contribution in [3.8, 4) is 0 Å². The molecule has 0 saturated carbocycles. The van der Waals surface area contributed by atoms with Gasteiger partial charge >= 0.3 is 0 Å². The minimum Gasteiger partial charge on any atom is -0.353 e. The molecule has 1 saturated heterocycles. The topological polar surface area (TPSA) is 44.4 Å². The lowest BCUT2D eigenvalue weighted by atomic mass is 10.0. The summed E-state index contributed by atoms with van der Waals surface area (Å²) in [6, 6.07) is 8.17. The predicted molar refractivity (Wildman–Crippen MR) is 81.9 cm³/mol. The molecule has 20 heavy (non-hydrogen) atoms. The van der Waals surface area contributed by atoms with Gasteiger partial charge in [-0.15, -0.1) is 0 Å². The maximum absolute atomic E-state index is 12.0. The molecule has 5 heteroatoms. The summed E-state index contributed by atoms with van der Waals surface area (Å²) in [4.78, 5) is 14.2. The molecule has 0 aliphatic carbocycles. The molecule has 0 spiro atoms. The molecule has 0 aromatic heterocycles. The van der Waals surface area contributed by atoms with Crippen LogP contribution in [0.15, 0.2) is 24.3 Å². The third-order valence-electron chi connectivity index (χ3n) is 3.41. The number of nitrogens with one attached hydrogen (secondary N) is 2. The summed E-state index contributed by atoms with van der Waals surface area (Å²) in [5, 5.41) is 7.07. The SMILES string of the molecule is CC(C)NC(=O)CN1CCNCC1c1ccccc1Cl. The molecule has 1 aliphatic rings. The fraction of sp³-hybridized carbons (Fsp3) is 0.533. The highest BCUT2D eigenvalue weighted by Crippen LogP contribution is 2.28. The average molecular weight is 296 g/mol. The van der Waals surface area contributed by atoms with Crippen molar-refractivity contribution >= 4 is 17.5 Å². The molecule has 1 amide bonds. The summed E-state index contributed by atoms with van der Waals surface area (Å²) >= 11 is 6.29. The van der Waals surface area contributed by atoms with Gasteiger partial charge in [0.05, 0.1) is 6.54 Å². The first-order valence-corrected chi connectivity index (χ1v) is 7.44. The number of piperazine rings is 1. The van der Waals surface area contributed by atoms with Crippen LogP contribution in [0.1, 0.15) is 25.5 Å². The van der Waals surface area contributed by atoms with Gasteiger partial charge in [-0.3, -0.25) is 9.69 Å². The number of benzene rings is 1. The van der Waals surface area contributed by atoms with Gasteiger partial charge in [-0.25, -0.2) is 0 Å². The molecule has 1 aromatic carbocycles. The molecule has 4 nitrogen and oxygen atoms in total. The second-order valence-electron chi connectivity index (χ2n) is 5.43. The maximum atomic E-state index is 12.0. The summed E-state index contributed by atoms with van der Waals surface area (Å²) in [5.74, 6) is 0.0685. The highest BCUT2D eigenvalue weighted by molar-refractivity contribution is 6.31. The zero-order chi connectivity index (χ0) is 14.5. The van der Waals surface area contributed by atoms with E-state index in [1.165, 1.54) is 0 Å². The van der Waals surface area contributed by atoms with Crippen molar-refractivity contribution in [1.29, 1.82) is 0 Å². The van der Waals surface area contributed by atoms with E-state index in [-0.39, 0.29) is 18.0 Å². The lowest BCUT2D eigenvalue weighted by Crippen LogP contribution is -2.50. The summed E-state index contributed by atoms with van der Waals surface area (Å²) in [7, 11) is 0. The lowest BCUT2D eigenvalue weighted by Gasteiger charge is -2.36. The van der Waals surface area contributed by atoms with E-state index >= 15 is 0 Å². The number of hydrogen-bond acceptors (Lipinski definition) is 3. The zero-order valence-corrected chi connectivity index (χ0v) is 12.8. The monoisotopic (exact) mass is 295 g/mol. The number of nitrogens with zero attached hydrogens (tertiary/aromatic N) is 1. The smallest absolute Gasteiger partial charge is 0.234 e. The molecular formula is C15H22ClN3O. The molecule has 1 unspecified atom stereocenters. The van der Waals surface area contributed by atoms with E-state index in [0.29, 0.717) is 6.54 Å². The van der Waals surface area contributed by atoms with Crippen molar-refractivity contribution < 1.29 is 4.79 Å². The van der Waals surface area contributed by atoms with Crippen molar-refractivity contribution in [3.05, 3.63) is 34.9 Å². The normalized spacial score (nSPS) is 20.1. The second-order valence-corrected chi connectivity index (χ2v) is 5.84. The molecule has 1 heterocycles. The molecular weight excluding hydrogens is 274 g/mol. The Morgan fingerprint density at radius 1 is 1.50 bits per heavy atom. The third-order valence-corrected chi connectivity index (χ3v) is 3.76. The number of rotatable bonds is 4. The van der Waals surface area contributed by atoms with Crippen LogP contribution in [0.5, 0.6) is 0 Å². The van der Waals surface area contributed by atoms with Crippen molar-refractivity contribution in [2.24, 2.45) is 0 Å². The van der Waals surface area contributed by atoms with Gasteiger partial charge in [-0.05, 0) is 25.5 Å². The highest BCUT2D eigenvalue weighted by Gasteiger charge is 2.26. The van der Waals surface area contributed by atoms with Crippen LogP contribution in [0, 0.1) is 0 Å². The van der Waals surface area contributed by atoms with Crippen LogP contribution in [-0.2, 0) is 4.79 Å². The van der Waals surface area contributed by atoms with Crippen LogP contribution in [0.2, 0.25) is 5.02 Å². The van der Waals surface area contributed by atoms with Crippen molar-refractivity contribution in [3.63, 3.8) is 0 Å². The Bertz CT molecular complexity index is 464. The van der Waals surface area contributed by atoms with Crippen LogP contribution in [0.4, 0.5) is 0 Å². The van der Waals surface area contributed by atoms with Crippen LogP contribution >= 0.6 is 11.6 Å². The first kappa shape index (κ1) is 15.3. The fourth-order valence-corrected chi connectivity index (χ4v) is 2.80. The number of hydrogen-bond donors (Lipinski definition) is 2. The standard InChI is InChI=1S/C15H22ClN3O/c1-11(2)18-15(20)10-19-8-7-17-9-14(19)12-5-3-4-6-13(12)16/h3-6,11,14,17H,7-10H2,1-2H3,(H,18,20). The van der Waals surface area contributed by atoms with Crippen molar-refractivity contribution in [2.75, 3.05) is 26.2 Å². The minimum absolute atomic E-state index is 0.0685. The van der Waals surface area contributed by atoms with E-state index in [9.17, 15) is 4.79 Å². The van der Waals surface area contributed by atoms with Gasteiger partial charge in [0.1, 0.15) is 0 Å². The molecule has 1 atom stereocenters. The van der Waals surface area contributed by atoms with Gasteiger partial charge in [0.25, 0.3) is 0 Å². The Balaban J connectivity index is 2.09. The lowest BCUT2D eigenvalue weighted by molar-refractivity contribution is -0.123. The predicted octanol–water partition coefficient (Wildman–Crippen LogP) is 1.81. The molecule has 0 bridgehead atoms. The Kier molecular flexibility index (Phi) is 5.40. The van der Waals surface area contributed by atoms with Crippen LogP contribution < -0.4 is 10.6 Å². The number of amides is 1. The largest absolute Gasteiger partial charge is 0.353 e. The molecule has 2 N–H and O–H groups in total. The van der Waals surface area contributed by atoms with E-state index in [1.54, 1.807) is 0 Å². The summed E-state index contributed by atoms with van der Waals surface area (Å²) in [6.07, 6.45) is 0. The molecule has 1 aromatic rings. The molecule has 1 fully saturated rings. The third kappa shape index (κ3) is 3.95. The van der Waals surface area contributed by atoms with E-state index in [1.807, 2.05) is 38.1 Å². The number of carbonyl (C=O) groups excluding carboxylic acids is 1. The van der Waals surface area contributed by atoms with Gasteiger partial charge in [0.2, 0.25) is 5.91 Å². The first-order chi connectivity index (χ1) is 9.58. The molecule has 0 radical (unpaired) electrons. The highest BCUT2D eigenvalue weighted by atomic mass is 35.5. The quantitative estimate of drug-likeness (QED) is 0.890. The average Bonchev–Trinajstić information content (AvgIpc) is 2.39. The van der Waals surface area contributed by atoms with Crippen LogP contribution in [0.25, 0.3) is 0 Å². The van der Waals surface area contributed by atoms with Gasteiger partial charge in [-0.2, -0.15) is 0 Å². The summed E-state index contributed by atoms with van der Waals surface area (Å²) in [5.41, 5.74) is 1.08. The van der Waals surface area contributed by atoms with Gasteiger partial charge < -0.3 is 10.6 Å². The number of carbonyl (C=O) groups is 1. The fourth-order valence-electron chi connectivity index (χ4n) is 2.54. The van der Waals surface area contributed by atoms with E-state index in [0.717, 1.165) is 30.2 Å². The Morgan fingerprint density at radius 2 is 2.25 bits per heavy atom. The van der Waals surface area contributed by atoms with E-state index < -0.39 is 0 Å². The summed E-state index contributed by atoms with van der Waals surface area (Å²) in [6.45, 7) is 6.92. The van der Waals surface area contributed by atoms with Crippen LogP contribution in [0.3, 0.4) is 0 Å². The van der Waals surface area contributed by atoms with Gasteiger partial charge in [0, 0.05) is 36.7 Å². The van der Waals surface area contributed by atoms with Crippen LogP contribution in [-0.4, -0.2) is 43.0 Å².